The van der Waals surface area contributed by atoms with Crippen LogP contribution in [-0.2, 0) is 27.1 Å². The molecule has 0 bridgehead atoms. The van der Waals surface area contributed by atoms with Gasteiger partial charge in [0.25, 0.3) is 0 Å². The first-order chi connectivity index (χ1) is 67.1. The van der Waals surface area contributed by atoms with E-state index in [1.165, 1.54) is 383 Å². The maximum atomic E-state index is 7.28. The van der Waals surface area contributed by atoms with Crippen molar-refractivity contribution < 1.29 is 8.83 Å². The van der Waals surface area contributed by atoms with Crippen LogP contribution in [0.2, 0.25) is 0 Å². The molecule has 706 valence electrons. The van der Waals surface area contributed by atoms with Crippen LogP contribution in [-0.4, -0.2) is 0 Å². The van der Waals surface area contributed by atoms with Crippen LogP contribution in [0.3, 0.4) is 0 Å². The van der Waals surface area contributed by atoms with Crippen molar-refractivity contribution in [2.45, 2.75) is 360 Å². The van der Waals surface area contributed by atoms with E-state index in [1.807, 2.05) is 0 Å². The van der Waals surface area contributed by atoms with Crippen LogP contribution in [0.1, 0.15) is 387 Å². The smallest absolute Gasteiger partial charge is 0.143 e. The molecular formula is C134H153NO2. The van der Waals surface area contributed by atoms with Crippen molar-refractivity contribution in [3.05, 3.63) is 304 Å². The van der Waals surface area contributed by atoms with E-state index in [9.17, 15) is 0 Å². The fourth-order valence-electron chi connectivity index (χ4n) is 27.0. The van der Waals surface area contributed by atoms with E-state index < -0.39 is 0 Å². The standard InChI is InChI=1S/C134H153NO2/c1-12-18-24-30-36-50-80-133(81-51-37-31-25-19-13-2)112-76-77-124-127(106-56-42-46-60-122(106)136-124)126(112)110-91-118-109(90-119(110)133)104-74-69-99(88-117(104)134(118,82-52-38-32-26-20-14-3)83-53-39-33-27-21-15-4)135(121-59-45-40-54-92(121)7)98-70-75-105-115(87-98)131(10,11)120-89-108(129-128(125(105)120)107-57-43-47-61-123(107)137-129)94-64-62-93(63-65-94)95-66-71-101-102-72-67-96(85-114(102)130(8,9)113(101)84-95)97-68-73-103-100-55-41-44-58-111(100)132(116(103)86-97,78-48-34-28-22-16-5)79-49-35-29-23-17-6/h40-47,54-77,84-91H,12-39,48-53,78-83H2,1-11H3. The molecule has 5 aliphatic rings. The van der Waals surface area contributed by atoms with Crippen LogP contribution in [0.4, 0.5) is 17.1 Å². The van der Waals surface area contributed by atoms with Gasteiger partial charge in [-0.15, -0.1) is 0 Å². The fraction of sp³-hybridized carbons (Fsp3) is 0.418. The second kappa shape index (κ2) is 40.6. The van der Waals surface area contributed by atoms with Gasteiger partial charge in [0.1, 0.15) is 22.3 Å². The number of furan rings is 2. The molecule has 0 aliphatic heterocycles. The molecule has 0 atom stereocenters. The number of fused-ring (bicyclic) bond motifs is 23. The molecule has 0 N–H and O–H groups in total. The predicted octanol–water partition coefficient (Wildman–Crippen LogP) is 41.4. The average molecular weight is 1810 g/mol. The summed E-state index contributed by atoms with van der Waals surface area (Å²) in [5.41, 5.74) is 44.4. The van der Waals surface area contributed by atoms with Crippen LogP contribution in [0.25, 0.3) is 133 Å². The van der Waals surface area contributed by atoms with Crippen molar-refractivity contribution in [3.8, 4) is 89.0 Å². The molecule has 2 aromatic heterocycles. The molecule has 0 amide bonds. The van der Waals surface area contributed by atoms with Gasteiger partial charge in [0.2, 0.25) is 0 Å². The molecule has 137 heavy (non-hydrogen) atoms. The van der Waals surface area contributed by atoms with Gasteiger partial charge in [-0.2, -0.15) is 0 Å². The Morgan fingerprint density at radius 1 is 0.226 bits per heavy atom. The summed E-state index contributed by atoms with van der Waals surface area (Å²) in [6.45, 7) is 26.4. The fourth-order valence-corrected chi connectivity index (χ4v) is 27.0. The van der Waals surface area contributed by atoms with Crippen molar-refractivity contribution in [2.24, 2.45) is 0 Å². The van der Waals surface area contributed by atoms with Gasteiger partial charge < -0.3 is 13.7 Å². The monoisotopic (exact) mass is 1810 g/mol. The van der Waals surface area contributed by atoms with Gasteiger partial charge in [-0.05, 0) is 275 Å². The Balaban J connectivity index is 0.659. The molecule has 0 saturated carbocycles. The topological polar surface area (TPSA) is 29.5 Å². The Labute approximate surface area is 821 Å². The van der Waals surface area contributed by atoms with Crippen LogP contribution in [0.5, 0.6) is 0 Å². The molecule has 2 heterocycles. The van der Waals surface area contributed by atoms with Crippen molar-refractivity contribution in [1.29, 1.82) is 0 Å². The summed E-state index contributed by atoms with van der Waals surface area (Å²) in [7, 11) is 0. The van der Waals surface area contributed by atoms with Gasteiger partial charge >= 0.3 is 0 Å². The third-order valence-electron chi connectivity index (χ3n) is 34.5. The highest BCUT2D eigenvalue weighted by Gasteiger charge is 2.51. The molecule has 0 fully saturated rings. The number of nitrogens with zero attached hydrogens (tertiary/aromatic N) is 1. The molecule has 0 unspecified atom stereocenters. The van der Waals surface area contributed by atoms with Crippen molar-refractivity contribution in [2.75, 3.05) is 4.90 Å². The van der Waals surface area contributed by atoms with Gasteiger partial charge in [-0.1, -0.05) is 445 Å². The van der Waals surface area contributed by atoms with Gasteiger partial charge in [0, 0.05) is 71.2 Å². The second-order valence-electron chi connectivity index (χ2n) is 43.9. The maximum Gasteiger partial charge on any atom is 0.143 e. The largest absolute Gasteiger partial charge is 0.456 e. The lowest BCUT2D eigenvalue weighted by atomic mass is 9.68. The van der Waals surface area contributed by atoms with Crippen molar-refractivity contribution >= 4 is 60.9 Å². The van der Waals surface area contributed by atoms with E-state index in [0.717, 1.165) is 51.7 Å². The normalized spacial score (nSPS) is 14.8. The molecule has 0 spiro atoms. The quantitative estimate of drug-likeness (QED) is 0.0356. The Morgan fingerprint density at radius 3 is 1.12 bits per heavy atom. The highest BCUT2D eigenvalue weighted by Crippen LogP contribution is 2.66. The van der Waals surface area contributed by atoms with Gasteiger partial charge in [-0.25, -0.2) is 0 Å². The van der Waals surface area contributed by atoms with E-state index in [1.54, 1.807) is 33.4 Å². The van der Waals surface area contributed by atoms with Crippen LogP contribution < -0.4 is 4.90 Å². The van der Waals surface area contributed by atoms with E-state index in [0.29, 0.717) is 0 Å². The summed E-state index contributed by atoms with van der Waals surface area (Å²) < 4.78 is 14.3. The third-order valence-corrected chi connectivity index (χ3v) is 34.5. The number of benzene rings is 13. The number of anilines is 3. The number of hydrogen-bond donors (Lipinski definition) is 0. The summed E-state index contributed by atoms with van der Waals surface area (Å²) in [5.74, 6) is 0. The number of rotatable bonds is 46. The maximum absolute atomic E-state index is 7.28. The minimum Gasteiger partial charge on any atom is -0.456 e. The first-order valence-electron chi connectivity index (χ1n) is 55.1. The number of para-hydroxylation sites is 3. The Hall–Kier alpha value is -10.7. The summed E-state index contributed by atoms with van der Waals surface area (Å²) in [6, 6.07) is 97.0. The first kappa shape index (κ1) is 93.9. The lowest BCUT2D eigenvalue weighted by molar-refractivity contribution is 0.394. The first-order valence-corrected chi connectivity index (χ1v) is 55.1. The zero-order chi connectivity index (χ0) is 94.0. The average Bonchev–Trinajstić information content (AvgIpc) is 1.52. The summed E-state index contributed by atoms with van der Waals surface area (Å²) >= 11 is 0. The molecular weight excluding hydrogens is 1660 g/mol. The van der Waals surface area contributed by atoms with E-state index in [2.05, 4.69) is 324 Å². The molecule has 20 rings (SSSR count). The lowest BCUT2D eigenvalue weighted by Gasteiger charge is -2.35. The second-order valence-corrected chi connectivity index (χ2v) is 43.9. The summed E-state index contributed by atoms with van der Waals surface area (Å²) in [4.78, 5) is 2.66. The van der Waals surface area contributed by atoms with Gasteiger partial charge in [0.05, 0.1) is 0 Å². The van der Waals surface area contributed by atoms with Crippen LogP contribution in [0, 0.1) is 6.92 Å². The number of hydrogen-bond acceptors (Lipinski definition) is 3. The number of aryl methyl sites for hydroxylation is 1. The molecule has 15 aromatic rings. The summed E-state index contributed by atoms with van der Waals surface area (Å²) in [6.07, 6.45) is 50.9. The third kappa shape index (κ3) is 17.1. The lowest BCUT2D eigenvalue weighted by Crippen LogP contribution is -2.27. The Morgan fingerprint density at radius 2 is 0.577 bits per heavy atom. The van der Waals surface area contributed by atoms with E-state index in [-0.39, 0.29) is 27.1 Å². The van der Waals surface area contributed by atoms with Crippen LogP contribution in [0.15, 0.2) is 251 Å². The van der Waals surface area contributed by atoms with Crippen molar-refractivity contribution in [1.82, 2.24) is 0 Å². The SMILES string of the molecule is CCCCCCCCC1(CCCCCCCC)c2cc(N(c3ccc4c(c3)C(C)(C)c3cc(-c5ccc(-c6ccc7c(c6)C(C)(C)c6cc(-c8ccc9c(c8)C(CCCCCCC)(CCCCCCC)c8ccccc8-9)ccc6-7)cc5)c5oc6ccccc6c5c3-4)c3ccccc3C)ccc2-c2cc3c(cc21)-c1c(ccc2oc4ccccc4c12)C3(CCCCCCCC)CCCCCCCC. The van der Waals surface area contributed by atoms with Crippen molar-refractivity contribution in [3.63, 3.8) is 0 Å². The number of unbranched alkanes of at least 4 members (excludes halogenated alkanes) is 28. The minimum atomic E-state index is -0.384. The van der Waals surface area contributed by atoms with Gasteiger partial charge in [0.15, 0.2) is 0 Å². The minimum absolute atomic E-state index is 0.0411. The van der Waals surface area contributed by atoms with E-state index >= 15 is 0 Å². The highest BCUT2D eigenvalue weighted by atomic mass is 16.3. The van der Waals surface area contributed by atoms with Gasteiger partial charge in [-0.3, -0.25) is 0 Å². The predicted molar refractivity (Wildman–Crippen MR) is 589 cm³/mol. The molecule has 0 saturated heterocycles. The highest BCUT2D eigenvalue weighted by molar-refractivity contribution is 6.19. The zero-order valence-corrected chi connectivity index (χ0v) is 85.1. The summed E-state index contributed by atoms with van der Waals surface area (Å²) in [5, 5.41) is 4.95. The molecule has 5 aliphatic carbocycles. The molecule has 3 heteroatoms. The molecule has 3 nitrogen and oxygen atoms in total. The Kier molecular flexibility index (Phi) is 27.8. The molecule has 13 aromatic carbocycles. The van der Waals surface area contributed by atoms with E-state index in [4.69, 9.17) is 8.83 Å². The van der Waals surface area contributed by atoms with Crippen LogP contribution >= 0.6 is 0 Å². The Bertz CT molecular complexity index is 6810. The molecule has 0 radical (unpaired) electrons. The zero-order valence-electron chi connectivity index (χ0n) is 85.1.